The van der Waals surface area contributed by atoms with Crippen molar-refractivity contribution in [3.63, 3.8) is 0 Å². The normalized spacial score (nSPS) is 12.2. The lowest BCUT2D eigenvalue weighted by molar-refractivity contribution is 0.103. The maximum Gasteiger partial charge on any atom is 0.211 e. The second-order valence-corrected chi connectivity index (χ2v) is 13.4. The second-order valence-electron chi connectivity index (χ2n) is 8.39. The lowest BCUT2D eigenvalue weighted by atomic mass is 10.1. The van der Waals surface area contributed by atoms with Crippen LogP contribution in [0.1, 0.15) is 42.7 Å². The summed E-state index contributed by atoms with van der Waals surface area (Å²) in [7, 11) is -8.16. The van der Waals surface area contributed by atoms with Crippen LogP contribution in [0.5, 0.6) is 0 Å². The van der Waals surface area contributed by atoms with E-state index in [-0.39, 0.29) is 39.6 Å². The Hall–Kier alpha value is -2.82. The summed E-state index contributed by atoms with van der Waals surface area (Å²) in [6.07, 6.45) is 5.37. The van der Waals surface area contributed by atoms with Crippen molar-refractivity contribution < 1.29 is 21.6 Å². The summed E-state index contributed by atoms with van der Waals surface area (Å²) >= 11 is 3.34. The third-order valence-electron chi connectivity index (χ3n) is 5.75. The molecule has 0 radical (unpaired) electrons. The Morgan fingerprint density at radius 1 is 0.833 bits per heavy atom. The molecule has 0 saturated heterocycles. The van der Waals surface area contributed by atoms with Crippen LogP contribution < -0.4 is 0 Å². The molecule has 3 heterocycles. The van der Waals surface area contributed by atoms with Crippen molar-refractivity contribution in [1.29, 1.82) is 0 Å². The van der Waals surface area contributed by atoms with Crippen molar-refractivity contribution >= 4 is 46.9 Å². The Bertz CT molecular complexity index is 1640. The lowest BCUT2D eigenvalue weighted by Gasteiger charge is -2.09. The number of aromatic nitrogens is 2. The lowest BCUT2D eigenvalue weighted by Crippen LogP contribution is -2.17. The Morgan fingerprint density at radius 2 is 1.42 bits per heavy atom. The second kappa shape index (κ2) is 10.3. The van der Waals surface area contributed by atoms with Gasteiger partial charge in [0.05, 0.1) is 17.0 Å². The average molecular weight is 590 g/mol. The van der Waals surface area contributed by atoms with Gasteiger partial charge in [0.25, 0.3) is 0 Å². The van der Waals surface area contributed by atoms with Gasteiger partial charge in [-0.15, -0.1) is 0 Å². The molecule has 10 heteroatoms. The SMILES string of the molecule is CCCS(=O)(=O)c1c(S(=O)(=O)CCC)c2cc(-c3ccncc3)ccn2c1C(=O)c1ccc(Br)cc1. The van der Waals surface area contributed by atoms with Gasteiger partial charge in [0.15, 0.2) is 19.7 Å². The van der Waals surface area contributed by atoms with Gasteiger partial charge in [0.1, 0.15) is 15.5 Å². The molecule has 0 aliphatic carbocycles. The van der Waals surface area contributed by atoms with Crippen molar-refractivity contribution in [3.8, 4) is 11.1 Å². The molecule has 0 saturated carbocycles. The van der Waals surface area contributed by atoms with Gasteiger partial charge in [-0.3, -0.25) is 9.78 Å². The molecule has 0 N–H and O–H groups in total. The van der Waals surface area contributed by atoms with Gasteiger partial charge in [0.2, 0.25) is 5.78 Å². The molecule has 0 spiro atoms. The highest BCUT2D eigenvalue weighted by Gasteiger charge is 2.37. The highest BCUT2D eigenvalue weighted by Crippen LogP contribution is 2.37. The topological polar surface area (TPSA) is 103 Å². The fraction of sp³-hybridized carbons (Fsp3) is 0.231. The first-order valence-electron chi connectivity index (χ1n) is 11.4. The van der Waals surface area contributed by atoms with Crippen LogP contribution in [0.3, 0.4) is 0 Å². The van der Waals surface area contributed by atoms with Crippen molar-refractivity contribution in [2.75, 3.05) is 11.5 Å². The Morgan fingerprint density at radius 3 is 2.00 bits per heavy atom. The van der Waals surface area contributed by atoms with Crippen LogP contribution in [0.25, 0.3) is 16.6 Å². The van der Waals surface area contributed by atoms with E-state index in [1.165, 1.54) is 4.40 Å². The molecule has 0 aliphatic rings. The van der Waals surface area contributed by atoms with Crippen molar-refractivity contribution in [2.24, 2.45) is 0 Å². The number of halogens is 1. The van der Waals surface area contributed by atoms with E-state index in [1.54, 1.807) is 81.0 Å². The van der Waals surface area contributed by atoms with Crippen molar-refractivity contribution in [2.45, 2.75) is 36.5 Å². The van der Waals surface area contributed by atoms with Crippen molar-refractivity contribution in [3.05, 3.63) is 82.9 Å². The number of sulfone groups is 2. The summed E-state index contributed by atoms with van der Waals surface area (Å²) in [6.45, 7) is 3.41. The van der Waals surface area contributed by atoms with Crippen LogP contribution in [-0.2, 0) is 19.7 Å². The number of hydrogen-bond donors (Lipinski definition) is 0. The molecular weight excluding hydrogens is 564 g/mol. The van der Waals surface area contributed by atoms with E-state index in [9.17, 15) is 21.6 Å². The predicted octanol–water partition coefficient (Wildman–Crippen LogP) is 5.36. The van der Waals surface area contributed by atoms with E-state index >= 15 is 0 Å². The molecular formula is C26H25BrN2O5S2. The Balaban J connectivity index is 2.16. The van der Waals surface area contributed by atoms with Gasteiger partial charge < -0.3 is 4.40 Å². The molecule has 7 nitrogen and oxygen atoms in total. The first-order valence-corrected chi connectivity index (χ1v) is 15.5. The fourth-order valence-electron chi connectivity index (χ4n) is 4.21. The highest BCUT2D eigenvalue weighted by molar-refractivity contribution is 9.10. The number of rotatable bonds is 9. The van der Waals surface area contributed by atoms with Gasteiger partial charge in [-0.25, -0.2) is 16.8 Å². The van der Waals surface area contributed by atoms with Gasteiger partial charge in [-0.05, 0) is 72.5 Å². The number of fused-ring (bicyclic) bond motifs is 1. The minimum absolute atomic E-state index is 0.160. The fourth-order valence-corrected chi connectivity index (χ4v) is 8.45. The first-order chi connectivity index (χ1) is 17.1. The van der Waals surface area contributed by atoms with E-state index in [0.717, 1.165) is 10.0 Å². The monoisotopic (exact) mass is 588 g/mol. The van der Waals surface area contributed by atoms with Crippen molar-refractivity contribution in [1.82, 2.24) is 9.38 Å². The highest BCUT2D eigenvalue weighted by atomic mass is 79.9. The maximum absolute atomic E-state index is 13.8. The predicted molar refractivity (Wildman–Crippen MR) is 143 cm³/mol. The zero-order valence-corrected chi connectivity index (χ0v) is 23.0. The molecule has 0 amide bonds. The van der Waals surface area contributed by atoms with E-state index < -0.39 is 30.4 Å². The zero-order chi connectivity index (χ0) is 26.1. The molecule has 3 aromatic heterocycles. The van der Waals surface area contributed by atoms with Crippen LogP contribution in [0, 0.1) is 0 Å². The Labute approximate surface area is 219 Å². The van der Waals surface area contributed by atoms with E-state index in [4.69, 9.17) is 0 Å². The standard InChI is InChI=1S/C26H25BrN2O5S2/c1-3-15-35(31,32)25-22-17-20(18-9-12-28-13-10-18)11-14-29(22)23(26(25)36(33,34)16-4-2)24(30)19-5-7-21(27)8-6-19/h5-14,17H,3-4,15-16H2,1-2H3. The quantitative estimate of drug-likeness (QED) is 0.244. The number of benzene rings is 1. The third-order valence-corrected chi connectivity index (χ3v) is 10.4. The van der Waals surface area contributed by atoms with Crippen LogP contribution in [-0.4, -0.2) is 43.5 Å². The van der Waals surface area contributed by atoms with E-state index in [0.29, 0.717) is 12.0 Å². The van der Waals surface area contributed by atoms with Gasteiger partial charge in [-0.2, -0.15) is 0 Å². The van der Waals surface area contributed by atoms with Crippen LogP contribution in [0.15, 0.2) is 81.4 Å². The molecule has 0 unspecified atom stereocenters. The minimum atomic E-state index is -4.11. The average Bonchev–Trinajstić information content (AvgIpc) is 3.21. The molecule has 4 aromatic rings. The number of nitrogens with zero attached hydrogens (tertiary/aromatic N) is 2. The summed E-state index contributed by atoms with van der Waals surface area (Å²) in [5, 5.41) is 0. The Kier molecular flexibility index (Phi) is 7.49. The molecule has 0 aliphatic heterocycles. The van der Waals surface area contributed by atoms with Gasteiger partial charge in [-0.1, -0.05) is 29.8 Å². The summed E-state index contributed by atoms with van der Waals surface area (Å²) in [6, 6.07) is 13.4. The number of carbonyl (C=O) groups excluding carboxylic acids is 1. The molecule has 4 rings (SSSR count). The molecule has 1 aromatic carbocycles. The smallest absolute Gasteiger partial charge is 0.211 e. The molecule has 0 fully saturated rings. The van der Waals surface area contributed by atoms with Crippen LogP contribution >= 0.6 is 15.9 Å². The number of hydrogen-bond acceptors (Lipinski definition) is 6. The van der Waals surface area contributed by atoms with Crippen LogP contribution in [0.2, 0.25) is 0 Å². The zero-order valence-electron chi connectivity index (χ0n) is 19.8. The third kappa shape index (κ3) is 4.89. The van der Waals surface area contributed by atoms with E-state index in [2.05, 4.69) is 20.9 Å². The minimum Gasteiger partial charge on any atom is -0.311 e. The molecule has 0 bridgehead atoms. The summed E-state index contributed by atoms with van der Waals surface area (Å²) < 4.78 is 56.5. The number of pyridine rings is 2. The number of carbonyl (C=O) groups is 1. The maximum atomic E-state index is 13.8. The first kappa shape index (κ1) is 26.2. The summed E-state index contributed by atoms with van der Waals surface area (Å²) in [4.78, 5) is 17.1. The summed E-state index contributed by atoms with van der Waals surface area (Å²) in [5.41, 5.74) is 1.71. The van der Waals surface area contributed by atoms with Crippen LogP contribution in [0.4, 0.5) is 0 Å². The molecule has 0 atom stereocenters. The summed E-state index contributed by atoms with van der Waals surface area (Å²) in [5.74, 6) is -1.09. The molecule has 188 valence electrons. The van der Waals surface area contributed by atoms with E-state index in [1.807, 2.05) is 0 Å². The molecule has 36 heavy (non-hydrogen) atoms. The van der Waals surface area contributed by atoms with Gasteiger partial charge >= 0.3 is 0 Å². The van der Waals surface area contributed by atoms with Gasteiger partial charge in [0, 0.05) is 28.6 Å². The largest absolute Gasteiger partial charge is 0.311 e. The number of ketones is 1.